The lowest BCUT2D eigenvalue weighted by molar-refractivity contribution is 0.0326. The van der Waals surface area contributed by atoms with E-state index < -0.39 is 0 Å². The van der Waals surface area contributed by atoms with Crippen molar-refractivity contribution >= 4 is 11.3 Å². The third kappa shape index (κ3) is 2.92. The van der Waals surface area contributed by atoms with Gasteiger partial charge >= 0.3 is 0 Å². The number of nitrogens with two attached hydrogens (primary N) is 1. The SMILES string of the molecule is CC1CC(C)CC(CN)(N(C)Cc2cscn2)C1. The minimum atomic E-state index is 0.167. The highest BCUT2D eigenvalue weighted by molar-refractivity contribution is 7.07. The Balaban J connectivity index is 2.10. The molecule has 102 valence electrons. The molecule has 2 atom stereocenters. The van der Waals surface area contributed by atoms with E-state index in [0.29, 0.717) is 0 Å². The van der Waals surface area contributed by atoms with Gasteiger partial charge in [0.05, 0.1) is 11.2 Å². The number of nitrogens with zero attached hydrogens (tertiary/aromatic N) is 2. The van der Waals surface area contributed by atoms with Gasteiger partial charge in [0.15, 0.2) is 0 Å². The molecule has 2 N–H and O–H groups in total. The van der Waals surface area contributed by atoms with Crippen molar-refractivity contribution in [1.82, 2.24) is 9.88 Å². The molecule has 0 aromatic carbocycles. The zero-order valence-corrected chi connectivity index (χ0v) is 12.5. The lowest BCUT2D eigenvalue weighted by Crippen LogP contribution is -2.55. The van der Waals surface area contributed by atoms with Crippen LogP contribution < -0.4 is 5.73 Å². The first-order valence-corrected chi connectivity index (χ1v) is 7.78. The Bertz CT molecular complexity index is 353. The number of thiazole rings is 1. The van der Waals surface area contributed by atoms with Gasteiger partial charge in [-0.1, -0.05) is 13.8 Å². The second-order valence-corrected chi connectivity index (χ2v) is 6.84. The number of likely N-dealkylation sites (N-methyl/N-ethyl adjacent to an activating group) is 1. The summed E-state index contributed by atoms with van der Waals surface area (Å²) in [5.41, 5.74) is 9.38. The van der Waals surface area contributed by atoms with Gasteiger partial charge in [0.25, 0.3) is 0 Å². The molecular formula is C14H25N3S. The molecular weight excluding hydrogens is 242 g/mol. The van der Waals surface area contributed by atoms with Crippen molar-refractivity contribution < 1.29 is 0 Å². The fourth-order valence-corrected chi connectivity index (χ4v) is 4.14. The van der Waals surface area contributed by atoms with Crippen LogP contribution in [0.2, 0.25) is 0 Å². The smallest absolute Gasteiger partial charge is 0.0795 e. The lowest BCUT2D eigenvalue weighted by Gasteiger charge is -2.48. The summed E-state index contributed by atoms with van der Waals surface area (Å²) in [6, 6.07) is 0. The maximum absolute atomic E-state index is 6.13. The molecule has 4 heteroatoms. The second kappa shape index (κ2) is 5.68. The van der Waals surface area contributed by atoms with E-state index in [0.717, 1.165) is 24.9 Å². The van der Waals surface area contributed by atoms with Crippen LogP contribution in [-0.2, 0) is 6.54 Å². The highest BCUT2D eigenvalue weighted by atomic mass is 32.1. The van der Waals surface area contributed by atoms with Crippen LogP contribution in [0.5, 0.6) is 0 Å². The van der Waals surface area contributed by atoms with Crippen LogP contribution in [0.3, 0.4) is 0 Å². The molecule has 1 fully saturated rings. The van der Waals surface area contributed by atoms with E-state index in [1.54, 1.807) is 11.3 Å². The van der Waals surface area contributed by atoms with Crippen molar-refractivity contribution in [2.75, 3.05) is 13.6 Å². The summed E-state index contributed by atoms with van der Waals surface area (Å²) in [6.07, 6.45) is 3.77. The molecule has 1 aromatic heterocycles. The fraction of sp³-hybridized carbons (Fsp3) is 0.786. The van der Waals surface area contributed by atoms with Gasteiger partial charge in [-0.3, -0.25) is 4.90 Å². The minimum absolute atomic E-state index is 0.167. The second-order valence-electron chi connectivity index (χ2n) is 6.12. The van der Waals surface area contributed by atoms with Crippen LogP contribution in [0.4, 0.5) is 0 Å². The molecule has 2 rings (SSSR count). The monoisotopic (exact) mass is 267 g/mol. The number of hydrogen-bond acceptors (Lipinski definition) is 4. The Kier molecular flexibility index (Phi) is 4.41. The Hall–Kier alpha value is -0.450. The van der Waals surface area contributed by atoms with Crippen molar-refractivity contribution in [3.63, 3.8) is 0 Å². The Morgan fingerprint density at radius 3 is 2.61 bits per heavy atom. The average molecular weight is 267 g/mol. The van der Waals surface area contributed by atoms with Gasteiger partial charge in [-0.25, -0.2) is 4.98 Å². The number of aromatic nitrogens is 1. The summed E-state index contributed by atoms with van der Waals surface area (Å²) in [4.78, 5) is 6.83. The molecule has 18 heavy (non-hydrogen) atoms. The maximum atomic E-state index is 6.13. The molecule has 0 bridgehead atoms. The molecule has 1 aromatic rings. The van der Waals surface area contributed by atoms with E-state index in [1.165, 1.54) is 25.0 Å². The van der Waals surface area contributed by atoms with Crippen molar-refractivity contribution in [2.24, 2.45) is 17.6 Å². The topological polar surface area (TPSA) is 42.1 Å². The van der Waals surface area contributed by atoms with E-state index in [9.17, 15) is 0 Å². The zero-order valence-electron chi connectivity index (χ0n) is 11.7. The molecule has 0 radical (unpaired) electrons. The van der Waals surface area contributed by atoms with Gasteiger partial charge in [0.1, 0.15) is 0 Å². The molecule has 1 heterocycles. The number of hydrogen-bond donors (Lipinski definition) is 1. The van der Waals surface area contributed by atoms with Gasteiger partial charge < -0.3 is 5.73 Å². The Labute approximate surface area is 114 Å². The minimum Gasteiger partial charge on any atom is -0.329 e. The summed E-state index contributed by atoms with van der Waals surface area (Å²) in [7, 11) is 2.21. The Morgan fingerprint density at radius 2 is 2.11 bits per heavy atom. The first-order chi connectivity index (χ1) is 8.55. The summed E-state index contributed by atoms with van der Waals surface area (Å²) in [5, 5.41) is 2.14. The lowest BCUT2D eigenvalue weighted by atomic mass is 9.71. The fourth-order valence-electron chi connectivity index (χ4n) is 3.59. The van der Waals surface area contributed by atoms with Gasteiger partial charge in [0.2, 0.25) is 0 Å². The molecule has 0 aliphatic heterocycles. The Morgan fingerprint density at radius 1 is 1.44 bits per heavy atom. The van der Waals surface area contributed by atoms with Crippen LogP contribution in [0, 0.1) is 11.8 Å². The summed E-state index contributed by atoms with van der Waals surface area (Å²) >= 11 is 1.67. The summed E-state index contributed by atoms with van der Waals surface area (Å²) in [5.74, 6) is 1.55. The molecule has 1 aliphatic carbocycles. The van der Waals surface area contributed by atoms with Crippen molar-refractivity contribution in [1.29, 1.82) is 0 Å². The van der Waals surface area contributed by atoms with Gasteiger partial charge in [-0.05, 0) is 38.1 Å². The predicted octanol–water partition coefficient (Wildman–Crippen LogP) is 2.73. The molecule has 0 amide bonds. The van der Waals surface area contributed by atoms with E-state index >= 15 is 0 Å². The van der Waals surface area contributed by atoms with Crippen molar-refractivity contribution in [3.05, 3.63) is 16.6 Å². The van der Waals surface area contributed by atoms with E-state index in [-0.39, 0.29) is 5.54 Å². The normalized spacial score (nSPS) is 32.9. The molecule has 0 spiro atoms. The highest BCUT2D eigenvalue weighted by Crippen LogP contribution is 2.39. The van der Waals surface area contributed by atoms with Gasteiger partial charge in [0, 0.05) is 24.0 Å². The molecule has 1 saturated carbocycles. The highest BCUT2D eigenvalue weighted by Gasteiger charge is 2.40. The summed E-state index contributed by atoms with van der Waals surface area (Å²) < 4.78 is 0. The van der Waals surface area contributed by atoms with Crippen LogP contribution in [0.15, 0.2) is 10.9 Å². The zero-order chi connectivity index (χ0) is 13.2. The van der Waals surface area contributed by atoms with Crippen LogP contribution in [0.1, 0.15) is 38.8 Å². The van der Waals surface area contributed by atoms with E-state index in [4.69, 9.17) is 5.73 Å². The largest absolute Gasteiger partial charge is 0.329 e. The maximum Gasteiger partial charge on any atom is 0.0795 e. The first-order valence-electron chi connectivity index (χ1n) is 6.84. The third-order valence-electron chi connectivity index (χ3n) is 4.33. The molecule has 1 aliphatic rings. The van der Waals surface area contributed by atoms with E-state index in [2.05, 4.69) is 36.2 Å². The molecule has 2 unspecified atom stereocenters. The van der Waals surface area contributed by atoms with Crippen molar-refractivity contribution in [2.45, 2.75) is 45.2 Å². The first kappa shape index (κ1) is 14.0. The van der Waals surface area contributed by atoms with Crippen LogP contribution >= 0.6 is 11.3 Å². The molecule has 3 nitrogen and oxygen atoms in total. The molecule has 0 saturated heterocycles. The summed E-state index contributed by atoms with van der Waals surface area (Å²) in [6.45, 7) is 6.38. The van der Waals surface area contributed by atoms with Gasteiger partial charge in [-0.2, -0.15) is 0 Å². The van der Waals surface area contributed by atoms with Crippen LogP contribution in [-0.4, -0.2) is 29.0 Å². The van der Waals surface area contributed by atoms with Crippen LogP contribution in [0.25, 0.3) is 0 Å². The van der Waals surface area contributed by atoms with Gasteiger partial charge in [-0.15, -0.1) is 11.3 Å². The standard InChI is InChI=1S/C14H25N3S/c1-11-4-12(2)6-14(5-11,9-15)17(3)7-13-8-18-10-16-13/h8,10-12H,4-7,9,15H2,1-3H3. The van der Waals surface area contributed by atoms with E-state index in [1.807, 2.05) is 5.51 Å². The predicted molar refractivity (Wildman–Crippen MR) is 77.5 cm³/mol. The third-order valence-corrected chi connectivity index (χ3v) is 4.97. The average Bonchev–Trinajstić information content (AvgIpc) is 2.80. The number of rotatable bonds is 4. The van der Waals surface area contributed by atoms with Crippen molar-refractivity contribution in [3.8, 4) is 0 Å². The quantitative estimate of drug-likeness (QED) is 0.912.